The molecule has 228 valence electrons. The fraction of sp³-hybridized carbons (Fsp3) is 0.677. The van der Waals surface area contributed by atoms with Crippen molar-refractivity contribution < 1.29 is 17.1 Å². The van der Waals surface area contributed by atoms with E-state index in [0.717, 1.165) is 39.3 Å². The second kappa shape index (κ2) is 14.5. The van der Waals surface area contributed by atoms with Crippen LogP contribution in [0.3, 0.4) is 0 Å². The first-order valence-electron chi connectivity index (χ1n) is 14.6. The topological polar surface area (TPSA) is 48.1 Å². The van der Waals surface area contributed by atoms with Crippen LogP contribution in [0, 0.1) is 0 Å². The Balaban J connectivity index is 0.000000797. The SMILES string of the molecule is CC(C)(C)P(C[c-]1cc([Si](C)(C)C)cc1C(P)(C1CNCCN1)C1CNCCN1)C(C)(C)C.[Fe].[cH-]1[cH-][cH-][cH-][cH-]1. The van der Waals surface area contributed by atoms with Gasteiger partial charge in [-0.2, -0.15) is 11.6 Å². The van der Waals surface area contributed by atoms with Crippen LogP contribution in [0.5, 0.6) is 0 Å². The van der Waals surface area contributed by atoms with Gasteiger partial charge in [0.2, 0.25) is 0 Å². The van der Waals surface area contributed by atoms with Gasteiger partial charge in [0.05, 0.1) is 0 Å². The quantitative estimate of drug-likeness (QED) is 0.203. The van der Waals surface area contributed by atoms with Gasteiger partial charge in [0.25, 0.3) is 0 Å². The Bertz CT molecular complexity index is 911. The fourth-order valence-electron chi connectivity index (χ4n) is 6.09. The van der Waals surface area contributed by atoms with E-state index in [-0.39, 0.29) is 30.1 Å². The second-order valence-corrected chi connectivity index (χ2v) is 24.1. The first kappa shape index (κ1) is 35.3. The molecule has 39 heavy (non-hydrogen) atoms. The maximum absolute atomic E-state index is 3.91. The summed E-state index contributed by atoms with van der Waals surface area (Å²) < 4.78 is 0. The van der Waals surface area contributed by atoms with Gasteiger partial charge in [-0.25, -0.2) is 11.3 Å². The van der Waals surface area contributed by atoms with Crippen molar-refractivity contribution in [2.45, 2.75) is 94.9 Å². The van der Waals surface area contributed by atoms with E-state index in [9.17, 15) is 0 Å². The smallest absolute Gasteiger partial charge is 0.0319 e. The van der Waals surface area contributed by atoms with Crippen molar-refractivity contribution in [2.75, 3.05) is 39.3 Å². The molecule has 4 nitrogen and oxygen atoms in total. The van der Waals surface area contributed by atoms with Crippen LogP contribution in [0.1, 0.15) is 52.7 Å². The van der Waals surface area contributed by atoms with Crippen molar-refractivity contribution in [1.82, 2.24) is 21.3 Å². The summed E-state index contributed by atoms with van der Waals surface area (Å²) in [7, 11) is 1.75. The standard InChI is InChI=1S/C26H51N4P2Si.C5H5.Fe/c1-24(2,3)32(25(4,5)6)18-19-14-20(33(7,8)9)15-21(19)26(31,22-16-27-10-12-29-22)23-17-28-11-13-30-23;1-2-4-5-3-1;/h14-15,22-23,27-30H,10-13,16-18,31H2,1-9H3;1-5H;/q-1;-5;. The summed E-state index contributed by atoms with van der Waals surface area (Å²) in [6.07, 6.45) is 1.21. The maximum Gasteiger partial charge on any atom is 0.0319 e. The molecule has 2 heterocycles. The van der Waals surface area contributed by atoms with Crippen LogP contribution in [0.2, 0.25) is 19.6 Å². The molecular formula is C31H56FeN4P2Si-6. The molecule has 0 spiro atoms. The molecule has 2 fully saturated rings. The molecule has 0 saturated carbocycles. The van der Waals surface area contributed by atoms with Gasteiger partial charge in [0.15, 0.2) is 0 Å². The Morgan fingerprint density at radius 3 is 1.62 bits per heavy atom. The maximum atomic E-state index is 3.91. The van der Waals surface area contributed by atoms with Crippen LogP contribution in [0.4, 0.5) is 0 Å². The Labute approximate surface area is 255 Å². The predicted octanol–water partition coefficient (Wildman–Crippen LogP) is 5.13. The normalized spacial score (nSPS) is 22.4. The molecule has 4 rings (SSSR count). The van der Waals surface area contributed by atoms with Crippen LogP contribution >= 0.6 is 17.2 Å². The molecule has 2 aromatic carbocycles. The number of rotatable bonds is 6. The van der Waals surface area contributed by atoms with Gasteiger partial charge in [-0.3, -0.25) is 0 Å². The summed E-state index contributed by atoms with van der Waals surface area (Å²) in [6.45, 7) is 28.5. The third-order valence-electron chi connectivity index (χ3n) is 8.05. The monoisotopic (exact) mass is 630 g/mol. The van der Waals surface area contributed by atoms with Crippen molar-refractivity contribution in [3.05, 3.63) is 53.6 Å². The molecule has 0 aromatic heterocycles. The summed E-state index contributed by atoms with van der Waals surface area (Å²) in [6, 6.07) is 16.0. The van der Waals surface area contributed by atoms with E-state index in [1.54, 1.807) is 16.3 Å². The Hall–Kier alpha value is 0.136. The molecular weight excluding hydrogens is 574 g/mol. The van der Waals surface area contributed by atoms with Crippen LogP contribution in [-0.2, 0) is 28.4 Å². The molecule has 2 aliphatic heterocycles. The van der Waals surface area contributed by atoms with E-state index in [0.29, 0.717) is 22.4 Å². The molecule has 0 aliphatic carbocycles. The van der Waals surface area contributed by atoms with Crippen molar-refractivity contribution in [3.8, 4) is 0 Å². The molecule has 8 heteroatoms. The summed E-state index contributed by atoms with van der Waals surface area (Å²) in [4.78, 5) is 0. The molecule has 2 aromatic rings. The van der Waals surface area contributed by atoms with Crippen molar-refractivity contribution in [3.63, 3.8) is 0 Å². The largest absolute Gasteiger partial charge is 0.748 e. The minimum absolute atomic E-state index is 0. The minimum atomic E-state index is -1.44. The number of hydrogen-bond acceptors (Lipinski definition) is 4. The number of piperazine rings is 2. The molecule has 3 unspecified atom stereocenters. The summed E-state index contributed by atoms with van der Waals surface area (Å²) in [5, 5.41) is 17.4. The summed E-state index contributed by atoms with van der Waals surface area (Å²) >= 11 is 0. The molecule has 0 radical (unpaired) electrons. The van der Waals surface area contributed by atoms with Crippen LogP contribution < -0.4 is 26.5 Å². The predicted molar refractivity (Wildman–Crippen MR) is 178 cm³/mol. The summed E-state index contributed by atoms with van der Waals surface area (Å²) in [5.41, 5.74) is 3.19. The average Bonchev–Trinajstić information content (AvgIpc) is 3.55. The fourth-order valence-corrected chi connectivity index (χ4v) is 11.6. The van der Waals surface area contributed by atoms with Crippen molar-refractivity contribution in [2.24, 2.45) is 0 Å². The van der Waals surface area contributed by atoms with Crippen molar-refractivity contribution in [1.29, 1.82) is 0 Å². The first-order chi connectivity index (χ1) is 17.6. The van der Waals surface area contributed by atoms with E-state index < -0.39 is 8.07 Å². The third kappa shape index (κ3) is 9.31. The minimum Gasteiger partial charge on any atom is -0.748 e. The van der Waals surface area contributed by atoms with Gasteiger partial charge >= 0.3 is 0 Å². The average molecular weight is 631 g/mol. The molecule has 3 atom stereocenters. The Kier molecular flexibility index (Phi) is 13.2. The molecule has 0 bridgehead atoms. The Morgan fingerprint density at radius 1 is 0.846 bits per heavy atom. The van der Waals surface area contributed by atoms with E-state index in [4.69, 9.17) is 0 Å². The van der Waals surface area contributed by atoms with Gasteiger partial charge in [0.1, 0.15) is 0 Å². The number of nitrogens with one attached hydrogen (secondary N) is 4. The zero-order chi connectivity index (χ0) is 28.2. The zero-order valence-corrected chi connectivity index (χ0v) is 30.2. The second-order valence-electron chi connectivity index (χ2n) is 14.2. The molecule has 2 aliphatic rings. The van der Waals surface area contributed by atoms with Gasteiger partial charge < -0.3 is 51.6 Å². The summed E-state index contributed by atoms with van der Waals surface area (Å²) in [5.74, 6) is 0. The van der Waals surface area contributed by atoms with Crippen LogP contribution in [0.25, 0.3) is 0 Å². The van der Waals surface area contributed by atoms with E-state index in [1.807, 2.05) is 30.3 Å². The van der Waals surface area contributed by atoms with E-state index >= 15 is 0 Å². The number of hydrogen-bond donors (Lipinski definition) is 4. The van der Waals surface area contributed by atoms with Gasteiger partial charge in [-0.1, -0.05) is 67.3 Å². The molecule has 4 N–H and O–H groups in total. The van der Waals surface area contributed by atoms with Crippen LogP contribution in [-0.4, -0.2) is 69.7 Å². The van der Waals surface area contributed by atoms with Crippen LogP contribution in [0.15, 0.2) is 42.5 Å². The Morgan fingerprint density at radius 2 is 1.28 bits per heavy atom. The first-order valence-corrected chi connectivity index (χ1v) is 20.2. The molecule has 2 saturated heterocycles. The van der Waals surface area contributed by atoms with E-state index in [2.05, 4.69) is 104 Å². The van der Waals surface area contributed by atoms with E-state index in [1.165, 1.54) is 6.16 Å². The van der Waals surface area contributed by atoms with Crippen molar-refractivity contribution >= 4 is 30.4 Å². The third-order valence-corrected chi connectivity index (χ3v) is 15.1. The zero-order valence-electron chi connectivity index (χ0n) is 26.0. The van der Waals surface area contributed by atoms with Gasteiger partial charge in [0, 0.05) is 81.7 Å². The molecule has 0 amide bonds. The van der Waals surface area contributed by atoms with Gasteiger partial charge in [-0.15, -0.1) is 22.7 Å². The van der Waals surface area contributed by atoms with Gasteiger partial charge in [-0.05, 0) is 10.3 Å².